The van der Waals surface area contributed by atoms with Gasteiger partial charge in [-0.1, -0.05) is 19.3 Å². The van der Waals surface area contributed by atoms with E-state index >= 15 is 0 Å². The van der Waals surface area contributed by atoms with Gasteiger partial charge in [0, 0.05) is 25.1 Å². The molecule has 2 fully saturated rings. The smallest absolute Gasteiger partial charge is 0.127 e. The Morgan fingerprint density at radius 3 is 2.61 bits per heavy atom. The number of likely N-dealkylation sites (N-methyl/N-ethyl adjacent to an activating group) is 1. The van der Waals surface area contributed by atoms with Crippen LogP contribution in [0, 0.1) is 5.41 Å². The van der Waals surface area contributed by atoms with Gasteiger partial charge in [0.05, 0.1) is 6.10 Å². The molecule has 1 saturated heterocycles. The highest BCUT2D eigenvalue weighted by atomic mass is 16.5. The average molecular weight is 253 g/mol. The molecule has 1 heterocycles. The van der Waals surface area contributed by atoms with Gasteiger partial charge in [0.25, 0.3) is 0 Å². The Balaban J connectivity index is 1.80. The first-order chi connectivity index (χ1) is 8.74. The third-order valence-corrected chi connectivity index (χ3v) is 4.47. The lowest BCUT2D eigenvalue weighted by Gasteiger charge is -2.37. The Labute approximate surface area is 111 Å². The van der Waals surface area contributed by atoms with E-state index in [1.807, 2.05) is 0 Å². The van der Waals surface area contributed by atoms with Gasteiger partial charge in [-0.25, -0.2) is 0 Å². The van der Waals surface area contributed by atoms with Crippen LogP contribution in [0.15, 0.2) is 0 Å². The maximum atomic E-state index is 11.5. The molecule has 2 rings (SSSR count). The molecule has 1 atom stereocenters. The molecular weight excluding hydrogens is 226 g/mol. The largest absolute Gasteiger partial charge is 0.377 e. The predicted octanol–water partition coefficient (Wildman–Crippen LogP) is 2.64. The first-order valence-electron chi connectivity index (χ1n) is 7.51. The number of ether oxygens (including phenoxy) is 1. The van der Waals surface area contributed by atoms with Crippen LogP contribution in [0.25, 0.3) is 0 Å². The molecule has 104 valence electrons. The zero-order valence-electron chi connectivity index (χ0n) is 11.7. The third kappa shape index (κ3) is 3.79. The van der Waals surface area contributed by atoms with Gasteiger partial charge in [-0.3, -0.25) is 0 Å². The van der Waals surface area contributed by atoms with Crippen LogP contribution >= 0.6 is 0 Å². The fourth-order valence-corrected chi connectivity index (χ4v) is 3.47. The number of hydrogen-bond donors (Lipinski definition) is 0. The minimum Gasteiger partial charge on any atom is -0.377 e. The lowest BCUT2D eigenvalue weighted by Crippen LogP contribution is -2.42. The standard InChI is InChI=1S/C15H27NO2/c1-16(11-14-7-3-6-10-18-14)12-15(13-17)8-4-2-5-9-15/h13-14H,2-12H2,1H3. The molecule has 0 amide bonds. The van der Waals surface area contributed by atoms with Crippen LogP contribution in [0.3, 0.4) is 0 Å². The topological polar surface area (TPSA) is 29.5 Å². The van der Waals surface area contributed by atoms with Crippen molar-refractivity contribution >= 4 is 6.29 Å². The van der Waals surface area contributed by atoms with E-state index in [9.17, 15) is 4.79 Å². The van der Waals surface area contributed by atoms with Gasteiger partial charge < -0.3 is 14.4 Å². The van der Waals surface area contributed by atoms with Crippen molar-refractivity contribution in [3.05, 3.63) is 0 Å². The summed E-state index contributed by atoms with van der Waals surface area (Å²) in [5, 5.41) is 0. The molecule has 3 nitrogen and oxygen atoms in total. The maximum absolute atomic E-state index is 11.5. The van der Waals surface area contributed by atoms with Crippen LogP contribution < -0.4 is 0 Å². The van der Waals surface area contributed by atoms with E-state index in [-0.39, 0.29) is 5.41 Å². The second-order valence-electron chi connectivity index (χ2n) is 6.23. The van der Waals surface area contributed by atoms with Gasteiger partial charge >= 0.3 is 0 Å². The van der Waals surface area contributed by atoms with Crippen LogP contribution in [0.2, 0.25) is 0 Å². The van der Waals surface area contributed by atoms with Crippen molar-refractivity contribution in [2.24, 2.45) is 5.41 Å². The molecule has 0 aromatic carbocycles. The quantitative estimate of drug-likeness (QED) is 0.705. The lowest BCUT2D eigenvalue weighted by molar-refractivity contribution is -0.119. The van der Waals surface area contributed by atoms with E-state index in [4.69, 9.17) is 4.74 Å². The molecule has 0 aromatic heterocycles. The van der Waals surface area contributed by atoms with Crippen molar-refractivity contribution < 1.29 is 9.53 Å². The molecule has 1 aliphatic carbocycles. The first-order valence-corrected chi connectivity index (χ1v) is 7.51. The number of nitrogens with zero attached hydrogens (tertiary/aromatic N) is 1. The molecule has 18 heavy (non-hydrogen) atoms. The molecule has 2 aliphatic rings. The number of aldehydes is 1. The zero-order chi connectivity index (χ0) is 12.8. The Morgan fingerprint density at radius 2 is 2.00 bits per heavy atom. The summed E-state index contributed by atoms with van der Waals surface area (Å²) in [4.78, 5) is 13.8. The summed E-state index contributed by atoms with van der Waals surface area (Å²) in [6.07, 6.45) is 11.2. The molecule has 0 bridgehead atoms. The third-order valence-electron chi connectivity index (χ3n) is 4.47. The Bertz CT molecular complexity index is 255. The van der Waals surface area contributed by atoms with E-state index < -0.39 is 0 Å². The minimum absolute atomic E-state index is 0.0678. The molecule has 0 spiro atoms. The average Bonchev–Trinajstić information content (AvgIpc) is 2.41. The molecule has 1 aliphatic heterocycles. The molecule has 1 saturated carbocycles. The van der Waals surface area contributed by atoms with E-state index in [1.165, 1.54) is 44.8 Å². The van der Waals surface area contributed by atoms with Crippen LogP contribution in [0.1, 0.15) is 51.4 Å². The second-order valence-corrected chi connectivity index (χ2v) is 6.23. The fourth-order valence-electron chi connectivity index (χ4n) is 3.47. The minimum atomic E-state index is -0.0678. The van der Waals surface area contributed by atoms with Crippen molar-refractivity contribution in [2.75, 3.05) is 26.7 Å². The van der Waals surface area contributed by atoms with E-state index in [1.54, 1.807) is 0 Å². The molecule has 0 N–H and O–H groups in total. The molecular formula is C15H27NO2. The summed E-state index contributed by atoms with van der Waals surface area (Å²) in [5.74, 6) is 0. The highest BCUT2D eigenvalue weighted by Crippen LogP contribution is 2.35. The van der Waals surface area contributed by atoms with Gasteiger partial charge in [-0.05, 0) is 39.2 Å². The van der Waals surface area contributed by atoms with Crippen LogP contribution in [-0.4, -0.2) is 44.0 Å². The van der Waals surface area contributed by atoms with Gasteiger partial charge in [0.15, 0.2) is 0 Å². The van der Waals surface area contributed by atoms with Crippen molar-refractivity contribution in [3.8, 4) is 0 Å². The second kappa shape index (κ2) is 6.67. The number of rotatable bonds is 5. The Hall–Kier alpha value is -0.410. The summed E-state index contributed by atoms with van der Waals surface area (Å²) < 4.78 is 5.77. The SMILES string of the molecule is CN(CC1CCCCO1)CC1(C=O)CCCCC1. The highest BCUT2D eigenvalue weighted by molar-refractivity contribution is 5.60. The van der Waals surface area contributed by atoms with Crippen LogP contribution in [0.4, 0.5) is 0 Å². The molecule has 0 radical (unpaired) electrons. The van der Waals surface area contributed by atoms with Gasteiger partial charge in [0.2, 0.25) is 0 Å². The summed E-state index contributed by atoms with van der Waals surface area (Å²) in [6, 6.07) is 0. The van der Waals surface area contributed by atoms with Gasteiger partial charge in [0.1, 0.15) is 6.29 Å². The maximum Gasteiger partial charge on any atom is 0.127 e. The van der Waals surface area contributed by atoms with Crippen molar-refractivity contribution in [1.82, 2.24) is 4.90 Å². The van der Waals surface area contributed by atoms with E-state index in [0.717, 1.165) is 32.5 Å². The van der Waals surface area contributed by atoms with E-state index in [2.05, 4.69) is 11.9 Å². The summed E-state index contributed by atoms with van der Waals surface area (Å²) in [5.41, 5.74) is -0.0678. The van der Waals surface area contributed by atoms with Gasteiger partial charge in [-0.2, -0.15) is 0 Å². The molecule has 0 aromatic rings. The summed E-state index contributed by atoms with van der Waals surface area (Å²) >= 11 is 0. The highest BCUT2D eigenvalue weighted by Gasteiger charge is 2.33. The lowest BCUT2D eigenvalue weighted by atomic mass is 9.75. The number of carbonyl (C=O) groups is 1. The first kappa shape index (κ1) is 14.0. The molecule has 3 heteroatoms. The fraction of sp³-hybridized carbons (Fsp3) is 0.933. The predicted molar refractivity (Wildman–Crippen MR) is 72.7 cm³/mol. The van der Waals surface area contributed by atoms with Crippen molar-refractivity contribution in [3.63, 3.8) is 0 Å². The molecule has 1 unspecified atom stereocenters. The number of hydrogen-bond acceptors (Lipinski definition) is 3. The summed E-state index contributed by atoms with van der Waals surface area (Å²) in [7, 11) is 2.14. The number of carbonyl (C=O) groups excluding carboxylic acids is 1. The van der Waals surface area contributed by atoms with Gasteiger partial charge in [-0.15, -0.1) is 0 Å². The Morgan fingerprint density at radius 1 is 1.22 bits per heavy atom. The van der Waals surface area contributed by atoms with Crippen molar-refractivity contribution in [1.29, 1.82) is 0 Å². The zero-order valence-corrected chi connectivity index (χ0v) is 11.7. The van der Waals surface area contributed by atoms with Crippen LogP contribution in [-0.2, 0) is 9.53 Å². The summed E-state index contributed by atoms with van der Waals surface area (Å²) in [6.45, 7) is 2.81. The normalized spacial score (nSPS) is 28.2. The van der Waals surface area contributed by atoms with Crippen molar-refractivity contribution in [2.45, 2.75) is 57.5 Å². The van der Waals surface area contributed by atoms with E-state index in [0.29, 0.717) is 6.10 Å². The van der Waals surface area contributed by atoms with Crippen LogP contribution in [0.5, 0.6) is 0 Å². The monoisotopic (exact) mass is 253 g/mol. The Kier molecular flexibility index (Phi) is 5.19.